The molecule has 0 unspecified atom stereocenters. The first-order chi connectivity index (χ1) is 8.74. The van der Waals surface area contributed by atoms with Gasteiger partial charge in [0, 0.05) is 24.8 Å². The summed E-state index contributed by atoms with van der Waals surface area (Å²) >= 11 is 0. The van der Waals surface area contributed by atoms with Crippen molar-refractivity contribution in [3.05, 3.63) is 29.6 Å². The van der Waals surface area contributed by atoms with Crippen LogP contribution in [0.5, 0.6) is 0 Å². The molecular formula is C12H20N6. The maximum atomic E-state index is 4.50. The predicted molar refractivity (Wildman–Crippen MR) is 69.1 cm³/mol. The van der Waals surface area contributed by atoms with Gasteiger partial charge >= 0.3 is 0 Å². The summed E-state index contributed by atoms with van der Waals surface area (Å²) in [5.41, 5.74) is 2.28. The second-order valence-corrected chi connectivity index (χ2v) is 4.37. The van der Waals surface area contributed by atoms with E-state index in [0.717, 1.165) is 31.0 Å². The first-order valence-electron chi connectivity index (χ1n) is 6.28. The third-order valence-corrected chi connectivity index (χ3v) is 2.85. The van der Waals surface area contributed by atoms with Gasteiger partial charge in [-0.25, -0.2) is 9.67 Å². The van der Waals surface area contributed by atoms with Crippen LogP contribution in [0.15, 0.2) is 12.5 Å². The van der Waals surface area contributed by atoms with Crippen LogP contribution in [0.1, 0.15) is 30.4 Å². The normalized spacial score (nSPS) is 11.1. The SMILES string of the molecule is CCCn1ncnc1Cn1cc(CNC)c(C)n1. The lowest BCUT2D eigenvalue weighted by Crippen LogP contribution is -2.10. The molecule has 2 heterocycles. The second kappa shape index (κ2) is 5.77. The van der Waals surface area contributed by atoms with Crippen LogP contribution in [-0.2, 0) is 19.6 Å². The third kappa shape index (κ3) is 2.76. The summed E-state index contributed by atoms with van der Waals surface area (Å²) < 4.78 is 3.87. The molecule has 0 aliphatic rings. The molecule has 0 bridgehead atoms. The van der Waals surface area contributed by atoms with E-state index in [1.165, 1.54) is 5.56 Å². The fourth-order valence-electron chi connectivity index (χ4n) is 1.96. The Hall–Kier alpha value is -1.69. The minimum Gasteiger partial charge on any atom is -0.316 e. The summed E-state index contributed by atoms with van der Waals surface area (Å²) in [5, 5.41) is 11.9. The molecule has 0 aliphatic heterocycles. The van der Waals surface area contributed by atoms with E-state index in [4.69, 9.17) is 0 Å². The number of hydrogen-bond acceptors (Lipinski definition) is 4. The van der Waals surface area contributed by atoms with Crippen molar-refractivity contribution in [3.63, 3.8) is 0 Å². The van der Waals surface area contributed by atoms with E-state index in [0.29, 0.717) is 6.54 Å². The van der Waals surface area contributed by atoms with Crippen LogP contribution in [0, 0.1) is 6.92 Å². The van der Waals surface area contributed by atoms with E-state index < -0.39 is 0 Å². The number of aryl methyl sites for hydroxylation is 2. The molecule has 0 saturated carbocycles. The lowest BCUT2D eigenvalue weighted by Gasteiger charge is -2.04. The molecule has 0 saturated heterocycles. The van der Waals surface area contributed by atoms with Gasteiger partial charge < -0.3 is 5.32 Å². The summed E-state index contributed by atoms with van der Waals surface area (Å²) in [5.74, 6) is 0.954. The molecule has 0 spiro atoms. The molecule has 6 heteroatoms. The molecule has 6 nitrogen and oxygen atoms in total. The van der Waals surface area contributed by atoms with Gasteiger partial charge in [-0.1, -0.05) is 6.92 Å². The molecule has 0 atom stereocenters. The fourth-order valence-corrected chi connectivity index (χ4v) is 1.96. The van der Waals surface area contributed by atoms with Crippen molar-refractivity contribution in [1.29, 1.82) is 0 Å². The Morgan fingerprint density at radius 3 is 2.94 bits per heavy atom. The molecule has 0 radical (unpaired) electrons. The number of nitrogens with one attached hydrogen (secondary N) is 1. The van der Waals surface area contributed by atoms with Gasteiger partial charge in [0.05, 0.1) is 5.69 Å². The average Bonchev–Trinajstić information content (AvgIpc) is 2.89. The van der Waals surface area contributed by atoms with Crippen LogP contribution in [0.3, 0.4) is 0 Å². The topological polar surface area (TPSA) is 60.6 Å². The van der Waals surface area contributed by atoms with E-state index in [1.54, 1.807) is 6.33 Å². The highest BCUT2D eigenvalue weighted by Crippen LogP contribution is 2.07. The first-order valence-corrected chi connectivity index (χ1v) is 6.28. The second-order valence-electron chi connectivity index (χ2n) is 4.37. The Kier molecular flexibility index (Phi) is 4.09. The number of hydrogen-bond donors (Lipinski definition) is 1. The molecule has 0 fully saturated rings. The van der Waals surface area contributed by atoms with Gasteiger partial charge in [0.25, 0.3) is 0 Å². The summed E-state index contributed by atoms with van der Waals surface area (Å²) in [6.45, 7) is 6.57. The highest BCUT2D eigenvalue weighted by atomic mass is 15.4. The van der Waals surface area contributed by atoms with Gasteiger partial charge in [-0.05, 0) is 20.4 Å². The monoisotopic (exact) mass is 248 g/mol. The van der Waals surface area contributed by atoms with Crippen molar-refractivity contribution in [1.82, 2.24) is 29.9 Å². The average molecular weight is 248 g/mol. The van der Waals surface area contributed by atoms with E-state index in [9.17, 15) is 0 Å². The van der Waals surface area contributed by atoms with Crippen LogP contribution >= 0.6 is 0 Å². The Morgan fingerprint density at radius 2 is 2.22 bits per heavy atom. The molecule has 2 aromatic rings. The largest absolute Gasteiger partial charge is 0.316 e. The lowest BCUT2D eigenvalue weighted by atomic mass is 10.3. The van der Waals surface area contributed by atoms with Crippen LogP contribution in [0.25, 0.3) is 0 Å². The first kappa shape index (κ1) is 12.8. The highest BCUT2D eigenvalue weighted by molar-refractivity contribution is 5.15. The predicted octanol–water partition coefficient (Wildman–Crippen LogP) is 0.961. The minimum atomic E-state index is 0.671. The van der Waals surface area contributed by atoms with Gasteiger partial charge in [0.15, 0.2) is 0 Å². The summed E-state index contributed by atoms with van der Waals surface area (Å²) in [6, 6.07) is 0. The van der Waals surface area contributed by atoms with Gasteiger partial charge in [0.1, 0.15) is 18.7 Å². The molecule has 2 aromatic heterocycles. The Bertz CT molecular complexity index is 498. The fraction of sp³-hybridized carbons (Fsp3) is 0.583. The number of nitrogens with zero attached hydrogens (tertiary/aromatic N) is 5. The minimum absolute atomic E-state index is 0.671. The molecule has 18 heavy (non-hydrogen) atoms. The van der Waals surface area contributed by atoms with Crippen molar-refractivity contribution in [2.24, 2.45) is 0 Å². The zero-order chi connectivity index (χ0) is 13.0. The van der Waals surface area contributed by atoms with Gasteiger partial charge in [0.2, 0.25) is 0 Å². The van der Waals surface area contributed by atoms with Gasteiger partial charge in [-0.3, -0.25) is 4.68 Å². The lowest BCUT2D eigenvalue weighted by molar-refractivity contribution is 0.538. The zero-order valence-corrected chi connectivity index (χ0v) is 11.2. The van der Waals surface area contributed by atoms with E-state index >= 15 is 0 Å². The Balaban J connectivity index is 2.13. The van der Waals surface area contributed by atoms with E-state index in [1.807, 2.05) is 23.3 Å². The molecule has 2 rings (SSSR count). The number of rotatable bonds is 6. The van der Waals surface area contributed by atoms with Crippen molar-refractivity contribution in [3.8, 4) is 0 Å². The molecule has 98 valence electrons. The standard InChI is InChI=1S/C12H20N6/c1-4-5-18-12(14-9-15-18)8-17-7-11(6-13-3)10(2)16-17/h7,9,13H,4-6,8H2,1-3H3. The molecule has 0 aromatic carbocycles. The smallest absolute Gasteiger partial charge is 0.148 e. The van der Waals surface area contributed by atoms with Crippen LogP contribution in [0.2, 0.25) is 0 Å². The van der Waals surface area contributed by atoms with Crippen molar-refractivity contribution in [2.45, 2.75) is 39.9 Å². The maximum absolute atomic E-state index is 4.50. The summed E-state index contributed by atoms with van der Waals surface area (Å²) in [6.07, 6.45) is 4.73. The Labute approximate surface area is 107 Å². The van der Waals surface area contributed by atoms with Gasteiger partial charge in [-0.15, -0.1) is 0 Å². The third-order valence-electron chi connectivity index (χ3n) is 2.85. The maximum Gasteiger partial charge on any atom is 0.148 e. The summed E-state index contributed by atoms with van der Waals surface area (Å²) in [7, 11) is 1.94. The van der Waals surface area contributed by atoms with Crippen molar-refractivity contribution >= 4 is 0 Å². The van der Waals surface area contributed by atoms with Crippen LogP contribution in [0.4, 0.5) is 0 Å². The molecule has 1 N–H and O–H groups in total. The quantitative estimate of drug-likeness (QED) is 0.827. The molecule has 0 aliphatic carbocycles. The van der Waals surface area contributed by atoms with Crippen molar-refractivity contribution < 1.29 is 0 Å². The van der Waals surface area contributed by atoms with Crippen LogP contribution < -0.4 is 5.32 Å². The summed E-state index contributed by atoms with van der Waals surface area (Å²) in [4.78, 5) is 4.29. The number of aromatic nitrogens is 5. The highest BCUT2D eigenvalue weighted by Gasteiger charge is 2.08. The van der Waals surface area contributed by atoms with E-state index in [2.05, 4.69) is 33.6 Å². The van der Waals surface area contributed by atoms with Crippen LogP contribution in [-0.4, -0.2) is 31.6 Å². The molecular weight excluding hydrogens is 228 g/mol. The van der Waals surface area contributed by atoms with Crippen molar-refractivity contribution in [2.75, 3.05) is 7.05 Å². The Morgan fingerprint density at radius 1 is 1.39 bits per heavy atom. The zero-order valence-electron chi connectivity index (χ0n) is 11.2. The van der Waals surface area contributed by atoms with Gasteiger partial charge in [-0.2, -0.15) is 10.2 Å². The van der Waals surface area contributed by atoms with E-state index in [-0.39, 0.29) is 0 Å². The molecule has 0 amide bonds.